The Morgan fingerprint density at radius 2 is 2.11 bits per heavy atom. The third-order valence-corrected chi connectivity index (χ3v) is 2.87. The standard InChI is InChI=1S/C15H14FN3/c1-10-5-12(16)7-13(6-10)19-15(8-17)14-9-18-4-3-11(14)2/h3-7,9,15,19H,1-2H3. The summed E-state index contributed by atoms with van der Waals surface area (Å²) in [5, 5.41) is 12.3. The van der Waals surface area contributed by atoms with Gasteiger partial charge in [0.2, 0.25) is 0 Å². The van der Waals surface area contributed by atoms with E-state index in [4.69, 9.17) is 0 Å². The van der Waals surface area contributed by atoms with Gasteiger partial charge in [0.15, 0.2) is 0 Å². The van der Waals surface area contributed by atoms with Crippen LogP contribution in [-0.4, -0.2) is 4.98 Å². The minimum atomic E-state index is -0.546. The van der Waals surface area contributed by atoms with Crippen LogP contribution in [0.1, 0.15) is 22.7 Å². The molecule has 1 aromatic carbocycles. The molecule has 1 N–H and O–H groups in total. The van der Waals surface area contributed by atoms with Gasteiger partial charge in [0.25, 0.3) is 0 Å². The molecule has 0 aliphatic heterocycles. The van der Waals surface area contributed by atoms with Crippen LogP contribution in [0.15, 0.2) is 36.7 Å². The van der Waals surface area contributed by atoms with E-state index >= 15 is 0 Å². The fraction of sp³-hybridized carbons (Fsp3) is 0.200. The monoisotopic (exact) mass is 255 g/mol. The number of benzene rings is 1. The summed E-state index contributed by atoms with van der Waals surface area (Å²) in [6, 6.07) is 8.10. The smallest absolute Gasteiger partial charge is 0.142 e. The Kier molecular flexibility index (Phi) is 3.76. The number of hydrogen-bond donors (Lipinski definition) is 1. The highest BCUT2D eigenvalue weighted by atomic mass is 19.1. The molecule has 0 spiro atoms. The van der Waals surface area contributed by atoms with E-state index < -0.39 is 6.04 Å². The number of nitriles is 1. The summed E-state index contributed by atoms with van der Waals surface area (Å²) < 4.78 is 13.3. The highest BCUT2D eigenvalue weighted by molar-refractivity contribution is 5.50. The van der Waals surface area contributed by atoms with Crippen molar-refractivity contribution in [1.29, 1.82) is 5.26 Å². The zero-order valence-corrected chi connectivity index (χ0v) is 10.8. The summed E-state index contributed by atoms with van der Waals surface area (Å²) in [5.41, 5.74) is 3.17. The van der Waals surface area contributed by atoms with Gasteiger partial charge < -0.3 is 5.32 Å². The summed E-state index contributed by atoms with van der Waals surface area (Å²) >= 11 is 0. The van der Waals surface area contributed by atoms with Gasteiger partial charge in [0.05, 0.1) is 6.07 Å². The normalized spacial score (nSPS) is 11.7. The van der Waals surface area contributed by atoms with Gasteiger partial charge in [-0.05, 0) is 49.2 Å². The highest BCUT2D eigenvalue weighted by Gasteiger charge is 2.13. The molecular weight excluding hydrogens is 241 g/mol. The molecule has 96 valence electrons. The molecule has 0 saturated heterocycles. The van der Waals surface area contributed by atoms with Crippen molar-refractivity contribution in [3.63, 3.8) is 0 Å². The second-order valence-corrected chi connectivity index (χ2v) is 4.46. The number of hydrogen-bond acceptors (Lipinski definition) is 3. The Morgan fingerprint density at radius 3 is 2.74 bits per heavy atom. The zero-order valence-electron chi connectivity index (χ0n) is 10.8. The fourth-order valence-electron chi connectivity index (χ4n) is 1.94. The predicted octanol–water partition coefficient (Wildman–Crippen LogP) is 3.51. The molecule has 1 heterocycles. The summed E-state index contributed by atoms with van der Waals surface area (Å²) in [5.74, 6) is -0.318. The lowest BCUT2D eigenvalue weighted by atomic mass is 10.0. The first-order chi connectivity index (χ1) is 9.10. The number of aromatic nitrogens is 1. The number of rotatable bonds is 3. The van der Waals surface area contributed by atoms with Gasteiger partial charge in [0.1, 0.15) is 11.9 Å². The molecule has 19 heavy (non-hydrogen) atoms. The molecule has 1 unspecified atom stereocenters. The number of pyridine rings is 1. The SMILES string of the molecule is Cc1cc(F)cc(NC(C#N)c2cnccc2C)c1. The van der Waals surface area contributed by atoms with E-state index in [-0.39, 0.29) is 5.82 Å². The van der Waals surface area contributed by atoms with Crippen molar-refractivity contribution in [2.45, 2.75) is 19.9 Å². The van der Waals surface area contributed by atoms with Gasteiger partial charge in [-0.2, -0.15) is 5.26 Å². The van der Waals surface area contributed by atoms with Crippen molar-refractivity contribution < 1.29 is 4.39 Å². The van der Waals surface area contributed by atoms with E-state index in [2.05, 4.69) is 16.4 Å². The van der Waals surface area contributed by atoms with Gasteiger partial charge in [-0.3, -0.25) is 4.98 Å². The molecule has 0 saturated carbocycles. The third kappa shape index (κ3) is 3.08. The van der Waals surface area contributed by atoms with Crippen molar-refractivity contribution in [2.75, 3.05) is 5.32 Å². The Balaban J connectivity index is 2.30. The molecule has 0 fully saturated rings. The lowest BCUT2D eigenvalue weighted by Crippen LogP contribution is -2.10. The van der Waals surface area contributed by atoms with Crippen LogP contribution in [0, 0.1) is 31.0 Å². The maximum atomic E-state index is 13.3. The maximum Gasteiger partial charge on any atom is 0.142 e. The predicted molar refractivity (Wildman–Crippen MR) is 72.1 cm³/mol. The molecule has 0 bridgehead atoms. The minimum absolute atomic E-state index is 0.318. The molecule has 0 aliphatic rings. The van der Waals surface area contributed by atoms with Crippen LogP contribution >= 0.6 is 0 Å². The highest BCUT2D eigenvalue weighted by Crippen LogP contribution is 2.22. The van der Waals surface area contributed by atoms with Crippen LogP contribution in [0.4, 0.5) is 10.1 Å². The van der Waals surface area contributed by atoms with Crippen LogP contribution in [0.2, 0.25) is 0 Å². The molecule has 0 amide bonds. The third-order valence-electron chi connectivity index (χ3n) is 2.87. The Morgan fingerprint density at radius 1 is 1.32 bits per heavy atom. The Hall–Kier alpha value is -2.41. The van der Waals surface area contributed by atoms with Gasteiger partial charge >= 0.3 is 0 Å². The van der Waals surface area contributed by atoms with Crippen molar-refractivity contribution >= 4 is 5.69 Å². The topological polar surface area (TPSA) is 48.7 Å². The minimum Gasteiger partial charge on any atom is -0.366 e. The number of halogens is 1. The van der Waals surface area contributed by atoms with Crippen LogP contribution in [0.5, 0.6) is 0 Å². The van der Waals surface area contributed by atoms with E-state index in [1.165, 1.54) is 12.1 Å². The molecule has 0 radical (unpaired) electrons. The average molecular weight is 255 g/mol. The molecular formula is C15H14FN3. The van der Waals surface area contributed by atoms with E-state index in [1.54, 1.807) is 18.5 Å². The average Bonchev–Trinajstić information content (AvgIpc) is 2.36. The van der Waals surface area contributed by atoms with Gasteiger partial charge in [0, 0.05) is 23.6 Å². The summed E-state index contributed by atoms with van der Waals surface area (Å²) in [6.07, 6.45) is 3.34. The molecule has 4 heteroatoms. The molecule has 2 rings (SSSR count). The molecule has 1 aromatic heterocycles. The van der Waals surface area contributed by atoms with Crippen molar-refractivity contribution in [1.82, 2.24) is 4.98 Å². The van der Waals surface area contributed by atoms with E-state index in [0.29, 0.717) is 5.69 Å². The summed E-state index contributed by atoms with van der Waals surface area (Å²) in [6.45, 7) is 3.73. The quantitative estimate of drug-likeness (QED) is 0.913. The van der Waals surface area contributed by atoms with Crippen LogP contribution < -0.4 is 5.32 Å². The van der Waals surface area contributed by atoms with Crippen molar-refractivity contribution in [3.05, 3.63) is 59.2 Å². The van der Waals surface area contributed by atoms with Gasteiger partial charge in [-0.25, -0.2) is 4.39 Å². The number of anilines is 1. The molecule has 0 aliphatic carbocycles. The van der Waals surface area contributed by atoms with Crippen molar-refractivity contribution in [2.24, 2.45) is 0 Å². The first kappa shape index (κ1) is 13.0. The lowest BCUT2D eigenvalue weighted by Gasteiger charge is -2.15. The zero-order chi connectivity index (χ0) is 13.8. The van der Waals surface area contributed by atoms with Crippen molar-refractivity contribution in [3.8, 4) is 6.07 Å². The Labute approximate surface area is 111 Å². The number of nitrogens with one attached hydrogen (secondary N) is 1. The molecule has 3 nitrogen and oxygen atoms in total. The van der Waals surface area contributed by atoms with Crippen LogP contribution in [-0.2, 0) is 0 Å². The Bertz CT molecular complexity index is 611. The van der Waals surface area contributed by atoms with Gasteiger partial charge in [-0.1, -0.05) is 0 Å². The van der Waals surface area contributed by atoms with Crippen LogP contribution in [0.25, 0.3) is 0 Å². The first-order valence-electron chi connectivity index (χ1n) is 5.94. The second-order valence-electron chi connectivity index (χ2n) is 4.46. The van der Waals surface area contributed by atoms with Crippen LogP contribution in [0.3, 0.4) is 0 Å². The molecule has 1 atom stereocenters. The fourth-order valence-corrected chi connectivity index (χ4v) is 1.94. The summed E-state index contributed by atoms with van der Waals surface area (Å²) in [4.78, 5) is 4.03. The van der Waals surface area contributed by atoms with E-state index in [0.717, 1.165) is 16.7 Å². The molecule has 2 aromatic rings. The largest absolute Gasteiger partial charge is 0.366 e. The lowest BCUT2D eigenvalue weighted by molar-refractivity contribution is 0.627. The van der Waals surface area contributed by atoms with Gasteiger partial charge in [-0.15, -0.1) is 0 Å². The number of nitrogens with zero attached hydrogens (tertiary/aromatic N) is 2. The number of aryl methyl sites for hydroxylation is 2. The van der Waals surface area contributed by atoms with E-state index in [1.807, 2.05) is 19.9 Å². The first-order valence-corrected chi connectivity index (χ1v) is 5.94. The maximum absolute atomic E-state index is 13.3. The van der Waals surface area contributed by atoms with E-state index in [9.17, 15) is 9.65 Å². The second kappa shape index (κ2) is 5.49. The summed E-state index contributed by atoms with van der Waals surface area (Å²) in [7, 11) is 0.